The predicted molar refractivity (Wildman–Crippen MR) is 70.9 cm³/mol. The van der Waals surface area contributed by atoms with Crippen molar-refractivity contribution in [2.75, 3.05) is 13.7 Å². The molecule has 98 valence electrons. The molecule has 0 aromatic heterocycles. The van der Waals surface area contributed by atoms with Gasteiger partial charge < -0.3 is 15.0 Å². The summed E-state index contributed by atoms with van der Waals surface area (Å²) in [7, 11) is 1.66. The third-order valence-corrected chi connectivity index (χ3v) is 3.25. The highest BCUT2D eigenvalue weighted by Gasteiger charge is 2.30. The van der Waals surface area contributed by atoms with E-state index >= 15 is 0 Å². The third-order valence-electron chi connectivity index (χ3n) is 3.25. The number of hydrogen-bond donors (Lipinski definition) is 1. The van der Waals surface area contributed by atoms with Crippen LogP contribution in [0.1, 0.15) is 19.4 Å². The van der Waals surface area contributed by atoms with Gasteiger partial charge in [-0.1, -0.05) is 12.1 Å². The van der Waals surface area contributed by atoms with Crippen LogP contribution in [-0.2, 0) is 6.42 Å². The Morgan fingerprint density at radius 1 is 1.50 bits per heavy atom. The van der Waals surface area contributed by atoms with E-state index in [-0.39, 0.29) is 18.1 Å². The van der Waals surface area contributed by atoms with E-state index in [0.717, 1.165) is 18.7 Å². The molecule has 1 aromatic rings. The Morgan fingerprint density at radius 2 is 2.28 bits per heavy atom. The summed E-state index contributed by atoms with van der Waals surface area (Å²) in [5, 5.41) is 3.02. The SMILES string of the molecule is COc1cccc(CC2CN(C(C)C)C(=O)N2)c1. The van der Waals surface area contributed by atoms with Crippen molar-refractivity contribution < 1.29 is 9.53 Å². The Balaban J connectivity index is 2.00. The Kier molecular flexibility index (Phi) is 3.75. The number of amides is 2. The first kappa shape index (κ1) is 12.7. The predicted octanol–water partition coefficient (Wildman–Crippen LogP) is 2.04. The van der Waals surface area contributed by atoms with Gasteiger partial charge in [-0.15, -0.1) is 0 Å². The van der Waals surface area contributed by atoms with Gasteiger partial charge >= 0.3 is 6.03 Å². The smallest absolute Gasteiger partial charge is 0.317 e. The van der Waals surface area contributed by atoms with Gasteiger partial charge in [0, 0.05) is 12.6 Å². The van der Waals surface area contributed by atoms with Crippen LogP contribution < -0.4 is 10.1 Å². The maximum Gasteiger partial charge on any atom is 0.317 e. The van der Waals surface area contributed by atoms with Gasteiger partial charge in [-0.2, -0.15) is 0 Å². The quantitative estimate of drug-likeness (QED) is 0.886. The van der Waals surface area contributed by atoms with E-state index in [1.807, 2.05) is 36.9 Å². The lowest BCUT2D eigenvalue weighted by Gasteiger charge is -2.18. The van der Waals surface area contributed by atoms with Crippen LogP contribution >= 0.6 is 0 Å². The van der Waals surface area contributed by atoms with Crippen molar-refractivity contribution in [3.8, 4) is 5.75 Å². The summed E-state index contributed by atoms with van der Waals surface area (Å²) in [6.45, 7) is 4.84. The van der Waals surface area contributed by atoms with E-state index in [2.05, 4.69) is 11.4 Å². The number of rotatable bonds is 4. The topological polar surface area (TPSA) is 41.6 Å². The minimum Gasteiger partial charge on any atom is -0.497 e. The summed E-state index contributed by atoms with van der Waals surface area (Å²) in [4.78, 5) is 13.6. The number of hydrogen-bond acceptors (Lipinski definition) is 2. The average molecular weight is 248 g/mol. The molecule has 0 saturated carbocycles. The molecule has 1 saturated heterocycles. The molecule has 0 spiro atoms. The molecule has 18 heavy (non-hydrogen) atoms. The Hall–Kier alpha value is -1.71. The molecule has 1 aliphatic heterocycles. The molecule has 1 atom stereocenters. The van der Waals surface area contributed by atoms with Crippen molar-refractivity contribution in [2.45, 2.75) is 32.4 Å². The van der Waals surface area contributed by atoms with Gasteiger partial charge in [0.25, 0.3) is 0 Å². The highest BCUT2D eigenvalue weighted by molar-refractivity contribution is 5.77. The van der Waals surface area contributed by atoms with Crippen LogP contribution in [0, 0.1) is 0 Å². The molecule has 4 heteroatoms. The van der Waals surface area contributed by atoms with Crippen molar-refractivity contribution in [3.63, 3.8) is 0 Å². The van der Waals surface area contributed by atoms with Crippen molar-refractivity contribution in [3.05, 3.63) is 29.8 Å². The lowest BCUT2D eigenvalue weighted by Crippen LogP contribution is -2.33. The van der Waals surface area contributed by atoms with Crippen molar-refractivity contribution in [1.82, 2.24) is 10.2 Å². The Morgan fingerprint density at radius 3 is 2.89 bits per heavy atom. The van der Waals surface area contributed by atoms with E-state index in [1.54, 1.807) is 7.11 Å². The third kappa shape index (κ3) is 2.75. The van der Waals surface area contributed by atoms with Gasteiger partial charge in [-0.05, 0) is 38.0 Å². The summed E-state index contributed by atoms with van der Waals surface area (Å²) in [5.74, 6) is 0.859. The molecule has 0 bridgehead atoms. The molecule has 1 heterocycles. The number of carbonyl (C=O) groups is 1. The van der Waals surface area contributed by atoms with Crippen LogP contribution in [0.25, 0.3) is 0 Å². The molecular weight excluding hydrogens is 228 g/mol. The van der Waals surface area contributed by atoms with Crippen molar-refractivity contribution >= 4 is 6.03 Å². The number of benzene rings is 1. The van der Waals surface area contributed by atoms with E-state index in [4.69, 9.17) is 4.74 Å². The monoisotopic (exact) mass is 248 g/mol. The van der Waals surface area contributed by atoms with Crippen LogP contribution in [0.5, 0.6) is 5.75 Å². The van der Waals surface area contributed by atoms with Gasteiger partial charge in [0.05, 0.1) is 13.2 Å². The first-order valence-corrected chi connectivity index (χ1v) is 6.30. The lowest BCUT2D eigenvalue weighted by atomic mass is 10.1. The Labute approximate surface area is 108 Å². The summed E-state index contributed by atoms with van der Waals surface area (Å²) >= 11 is 0. The fraction of sp³-hybridized carbons (Fsp3) is 0.500. The number of ether oxygens (including phenoxy) is 1. The number of nitrogens with one attached hydrogen (secondary N) is 1. The first-order chi connectivity index (χ1) is 8.60. The second-order valence-corrected chi connectivity index (χ2v) is 4.95. The fourth-order valence-corrected chi connectivity index (χ4v) is 2.27. The summed E-state index contributed by atoms with van der Waals surface area (Å²) in [6, 6.07) is 8.46. The molecule has 0 radical (unpaired) electrons. The standard InChI is InChI=1S/C14H20N2O2/c1-10(2)16-9-12(15-14(16)17)7-11-5-4-6-13(8-11)18-3/h4-6,8,10,12H,7,9H2,1-3H3,(H,15,17). The zero-order valence-corrected chi connectivity index (χ0v) is 11.1. The minimum absolute atomic E-state index is 0.0397. The number of nitrogens with zero attached hydrogens (tertiary/aromatic N) is 1. The van der Waals surface area contributed by atoms with Gasteiger partial charge in [0.1, 0.15) is 5.75 Å². The van der Waals surface area contributed by atoms with Gasteiger partial charge in [-0.3, -0.25) is 0 Å². The fourth-order valence-electron chi connectivity index (χ4n) is 2.27. The van der Waals surface area contributed by atoms with Crippen molar-refractivity contribution in [1.29, 1.82) is 0 Å². The second-order valence-electron chi connectivity index (χ2n) is 4.95. The first-order valence-electron chi connectivity index (χ1n) is 6.30. The van der Waals surface area contributed by atoms with Crippen LogP contribution in [0.15, 0.2) is 24.3 Å². The molecule has 1 N–H and O–H groups in total. The lowest BCUT2D eigenvalue weighted by molar-refractivity contribution is 0.206. The average Bonchev–Trinajstić information content (AvgIpc) is 2.70. The molecule has 1 aliphatic rings. The van der Waals surface area contributed by atoms with Gasteiger partial charge in [0.2, 0.25) is 0 Å². The maximum atomic E-state index is 11.7. The van der Waals surface area contributed by atoms with E-state index in [0.29, 0.717) is 0 Å². The second kappa shape index (κ2) is 5.29. The van der Waals surface area contributed by atoms with Gasteiger partial charge in [-0.25, -0.2) is 4.79 Å². The zero-order chi connectivity index (χ0) is 13.1. The van der Waals surface area contributed by atoms with Crippen LogP contribution in [0.3, 0.4) is 0 Å². The molecule has 1 fully saturated rings. The van der Waals surface area contributed by atoms with E-state index in [1.165, 1.54) is 5.56 Å². The molecular formula is C14H20N2O2. The molecule has 1 aromatic carbocycles. The zero-order valence-electron chi connectivity index (χ0n) is 11.1. The Bertz CT molecular complexity index is 432. The highest BCUT2D eigenvalue weighted by atomic mass is 16.5. The van der Waals surface area contributed by atoms with Gasteiger partial charge in [0.15, 0.2) is 0 Å². The maximum absolute atomic E-state index is 11.7. The molecule has 2 amide bonds. The van der Waals surface area contributed by atoms with Crippen molar-refractivity contribution in [2.24, 2.45) is 0 Å². The van der Waals surface area contributed by atoms with E-state index < -0.39 is 0 Å². The summed E-state index contributed by atoms with van der Waals surface area (Å²) in [6.07, 6.45) is 0.839. The number of methoxy groups -OCH3 is 1. The molecule has 0 aliphatic carbocycles. The largest absolute Gasteiger partial charge is 0.497 e. The minimum atomic E-state index is 0.0397. The number of urea groups is 1. The van der Waals surface area contributed by atoms with Crippen LogP contribution in [-0.4, -0.2) is 36.7 Å². The van der Waals surface area contributed by atoms with Crippen LogP contribution in [0.4, 0.5) is 4.79 Å². The van der Waals surface area contributed by atoms with Crippen LogP contribution in [0.2, 0.25) is 0 Å². The summed E-state index contributed by atoms with van der Waals surface area (Å²) in [5.41, 5.74) is 1.19. The van der Waals surface area contributed by atoms with E-state index in [9.17, 15) is 4.79 Å². The molecule has 2 rings (SSSR count). The molecule has 4 nitrogen and oxygen atoms in total. The highest BCUT2D eigenvalue weighted by Crippen LogP contribution is 2.17. The number of carbonyl (C=O) groups excluding carboxylic acids is 1. The summed E-state index contributed by atoms with van der Waals surface area (Å²) < 4.78 is 5.20. The molecule has 1 unspecified atom stereocenters. The normalized spacial score (nSPS) is 19.2.